The Hall–Kier alpha value is -2.41. The van der Waals surface area contributed by atoms with Crippen molar-refractivity contribution in [2.24, 2.45) is 4.99 Å². The van der Waals surface area contributed by atoms with Crippen LogP contribution in [0.25, 0.3) is 17.4 Å². The first-order valence-corrected chi connectivity index (χ1v) is 9.68. The van der Waals surface area contributed by atoms with Gasteiger partial charge in [-0.3, -0.25) is 0 Å². The summed E-state index contributed by atoms with van der Waals surface area (Å²) >= 11 is 16.0. The SMILES string of the molecule is Cc1noc(-c2c(Cl)cccc2Cl)c1C1=N/C(=C/c2ccc(Br)cc2)C(=O)O1. The van der Waals surface area contributed by atoms with Gasteiger partial charge in [0.2, 0.25) is 5.90 Å². The molecule has 0 saturated carbocycles. The fraction of sp³-hybridized carbons (Fsp3) is 0.0500. The Labute approximate surface area is 178 Å². The molecule has 2 aromatic carbocycles. The predicted molar refractivity (Wildman–Crippen MR) is 111 cm³/mol. The van der Waals surface area contributed by atoms with E-state index in [1.165, 1.54) is 0 Å². The van der Waals surface area contributed by atoms with Crippen LogP contribution in [0.1, 0.15) is 16.8 Å². The largest absolute Gasteiger partial charge is 0.402 e. The van der Waals surface area contributed by atoms with Crippen LogP contribution in [0.4, 0.5) is 0 Å². The molecule has 0 amide bonds. The number of aromatic nitrogens is 1. The molecule has 0 bridgehead atoms. The van der Waals surface area contributed by atoms with Crippen molar-refractivity contribution in [1.29, 1.82) is 0 Å². The molecular weight excluding hydrogens is 467 g/mol. The van der Waals surface area contributed by atoms with Gasteiger partial charge in [0.05, 0.1) is 21.3 Å². The molecule has 0 spiro atoms. The van der Waals surface area contributed by atoms with Crippen LogP contribution >= 0.6 is 39.1 Å². The van der Waals surface area contributed by atoms with Crippen LogP contribution in [0.3, 0.4) is 0 Å². The van der Waals surface area contributed by atoms with Gasteiger partial charge in [-0.1, -0.05) is 62.5 Å². The molecule has 28 heavy (non-hydrogen) atoms. The lowest BCUT2D eigenvalue weighted by Gasteiger charge is -2.05. The van der Waals surface area contributed by atoms with E-state index < -0.39 is 5.97 Å². The number of cyclic esters (lactones) is 1. The van der Waals surface area contributed by atoms with Crippen molar-refractivity contribution in [1.82, 2.24) is 5.16 Å². The van der Waals surface area contributed by atoms with Gasteiger partial charge >= 0.3 is 5.97 Å². The van der Waals surface area contributed by atoms with Crippen LogP contribution in [0, 0.1) is 6.92 Å². The van der Waals surface area contributed by atoms with E-state index in [1.807, 2.05) is 24.3 Å². The number of hydrogen-bond acceptors (Lipinski definition) is 5. The van der Waals surface area contributed by atoms with Crippen molar-refractivity contribution in [3.63, 3.8) is 0 Å². The topological polar surface area (TPSA) is 64.7 Å². The minimum absolute atomic E-state index is 0.0955. The molecule has 1 aromatic heterocycles. The van der Waals surface area contributed by atoms with Gasteiger partial charge in [-0.15, -0.1) is 0 Å². The summed E-state index contributed by atoms with van der Waals surface area (Å²) < 4.78 is 11.8. The molecule has 8 heteroatoms. The number of carbonyl (C=O) groups excluding carboxylic acids is 1. The van der Waals surface area contributed by atoms with Gasteiger partial charge < -0.3 is 9.26 Å². The third kappa shape index (κ3) is 3.51. The summed E-state index contributed by atoms with van der Waals surface area (Å²) in [5.41, 5.74) is 2.39. The third-order valence-electron chi connectivity index (χ3n) is 4.06. The number of ether oxygens (including phenoxy) is 1. The molecule has 0 saturated heterocycles. The summed E-state index contributed by atoms with van der Waals surface area (Å²) in [6.07, 6.45) is 1.65. The zero-order valence-electron chi connectivity index (χ0n) is 14.4. The molecule has 5 nitrogen and oxygen atoms in total. The van der Waals surface area contributed by atoms with Crippen LogP contribution in [-0.4, -0.2) is 17.0 Å². The monoisotopic (exact) mass is 476 g/mol. The Morgan fingerprint density at radius 2 is 1.71 bits per heavy atom. The molecule has 1 aliphatic heterocycles. The number of rotatable bonds is 3. The summed E-state index contributed by atoms with van der Waals surface area (Å²) in [6, 6.07) is 12.6. The van der Waals surface area contributed by atoms with Crippen molar-refractivity contribution in [3.05, 3.63) is 79.5 Å². The summed E-state index contributed by atoms with van der Waals surface area (Å²) in [5.74, 6) is -0.169. The van der Waals surface area contributed by atoms with Gasteiger partial charge in [0.1, 0.15) is 5.56 Å². The molecule has 140 valence electrons. The first-order valence-electron chi connectivity index (χ1n) is 8.13. The lowest BCUT2D eigenvalue weighted by Crippen LogP contribution is -2.07. The van der Waals surface area contributed by atoms with E-state index in [9.17, 15) is 4.79 Å². The number of halogens is 3. The number of hydrogen-bond donors (Lipinski definition) is 0. The third-order valence-corrected chi connectivity index (χ3v) is 5.22. The van der Waals surface area contributed by atoms with Crippen molar-refractivity contribution >= 4 is 57.1 Å². The van der Waals surface area contributed by atoms with Crippen LogP contribution < -0.4 is 0 Å². The van der Waals surface area contributed by atoms with Gasteiger partial charge in [0.15, 0.2) is 11.5 Å². The summed E-state index contributed by atoms with van der Waals surface area (Å²) in [6.45, 7) is 1.72. The zero-order chi connectivity index (χ0) is 19.8. The maximum absolute atomic E-state index is 12.3. The second-order valence-corrected chi connectivity index (χ2v) is 7.69. The minimum Gasteiger partial charge on any atom is -0.402 e. The molecule has 0 unspecified atom stereocenters. The molecule has 0 aliphatic carbocycles. The Morgan fingerprint density at radius 3 is 2.39 bits per heavy atom. The quantitative estimate of drug-likeness (QED) is 0.339. The van der Waals surface area contributed by atoms with Gasteiger partial charge in [-0.25, -0.2) is 9.79 Å². The van der Waals surface area contributed by atoms with Crippen molar-refractivity contribution in [2.45, 2.75) is 6.92 Å². The molecule has 0 N–H and O–H groups in total. The maximum atomic E-state index is 12.3. The summed E-state index contributed by atoms with van der Waals surface area (Å²) in [7, 11) is 0. The first kappa shape index (κ1) is 18.9. The summed E-state index contributed by atoms with van der Waals surface area (Å²) in [5, 5.41) is 4.75. The number of nitrogens with zero attached hydrogens (tertiary/aromatic N) is 2. The van der Waals surface area contributed by atoms with E-state index in [-0.39, 0.29) is 11.6 Å². The number of aryl methyl sites for hydroxylation is 1. The molecule has 4 rings (SSSR count). The highest BCUT2D eigenvalue weighted by molar-refractivity contribution is 9.10. The average molecular weight is 478 g/mol. The molecule has 0 atom stereocenters. The highest BCUT2D eigenvalue weighted by Gasteiger charge is 2.31. The number of esters is 1. The van der Waals surface area contributed by atoms with E-state index >= 15 is 0 Å². The average Bonchev–Trinajstić information content (AvgIpc) is 3.20. The van der Waals surface area contributed by atoms with Crippen LogP contribution in [0.15, 0.2) is 62.1 Å². The Morgan fingerprint density at radius 1 is 1.04 bits per heavy atom. The van der Waals surface area contributed by atoms with Gasteiger partial charge in [0.25, 0.3) is 0 Å². The van der Waals surface area contributed by atoms with E-state index in [2.05, 4.69) is 26.1 Å². The minimum atomic E-state index is -0.560. The summed E-state index contributed by atoms with van der Waals surface area (Å²) in [4.78, 5) is 16.7. The molecular formula is C20H11BrCl2N2O3. The lowest BCUT2D eigenvalue weighted by atomic mass is 10.1. The molecule has 3 aromatic rings. The molecule has 0 radical (unpaired) electrons. The molecule has 0 fully saturated rings. The van der Waals surface area contributed by atoms with E-state index in [4.69, 9.17) is 32.5 Å². The Kier molecular flexibility index (Phi) is 5.10. The second kappa shape index (κ2) is 7.54. The maximum Gasteiger partial charge on any atom is 0.363 e. The molecule has 2 heterocycles. The van der Waals surface area contributed by atoms with Gasteiger partial charge in [-0.05, 0) is 42.8 Å². The Bertz CT molecular complexity index is 1130. The van der Waals surface area contributed by atoms with E-state index in [0.717, 1.165) is 10.0 Å². The highest BCUT2D eigenvalue weighted by Crippen LogP contribution is 2.38. The number of carbonyl (C=O) groups is 1. The van der Waals surface area contributed by atoms with Crippen molar-refractivity contribution in [3.8, 4) is 11.3 Å². The van der Waals surface area contributed by atoms with Crippen LogP contribution in [-0.2, 0) is 9.53 Å². The predicted octanol–water partition coefficient (Wildman–Crippen LogP) is 6.06. The van der Waals surface area contributed by atoms with Gasteiger partial charge in [-0.2, -0.15) is 0 Å². The lowest BCUT2D eigenvalue weighted by molar-refractivity contribution is -0.129. The van der Waals surface area contributed by atoms with Gasteiger partial charge in [0, 0.05) is 4.47 Å². The standard InChI is InChI=1S/C20H11BrCl2N2O3/c1-10-16(18(28-25-10)17-13(22)3-2-4-14(17)23)19-24-15(20(26)27-19)9-11-5-7-12(21)8-6-11/h2-9H,1H3/b15-9+. The van der Waals surface area contributed by atoms with Crippen molar-refractivity contribution in [2.75, 3.05) is 0 Å². The number of aliphatic imine (C=N–C) groups is 1. The Balaban J connectivity index is 1.79. The van der Waals surface area contributed by atoms with Crippen molar-refractivity contribution < 1.29 is 14.1 Å². The normalized spacial score (nSPS) is 15.1. The zero-order valence-corrected chi connectivity index (χ0v) is 17.5. The van der Waals surface area contributed by atoms with Crippen LogP contribution in [0.5, 0.6) is 0 Å². The fourth-order valence-electron chi connectivity index (χ4n) is 2.74. The van der Waals surface area contributed by atoms with E-state index in [0.29, 0.717) is 32.6 Å². The number of benzene rings is 2. The van der Waals surface area contributed by atoms with E-state index in [1.54, 1.807) is 31.2 Å². The first-order chi connectivity index (χ1) is 13.4. The molecule has 1 aliphatic rings. The smallest absolute Gasteiger partial charge is 0.363 e. The highest BCUT2D eigenvalue weighted by atomic mass is 79.9. The van der Waals surface area contributed by atoms with Crippen LogP contribution in [0.2, 0.25) is 10.0 Å². The second-order valence-electron chi connectivity index (χ2n) is 5.96. The fourth-order valence-corrected chi connectivity index (χ4v) is 3.57.